The van der Waals surface area contributed by atoms with E-state index in [0.717, 1.165) is 31.5 Å². The van der Waals surface area contributed by atoms with E-state index in [1.165, 1.54) is 6.07 Å². The molecule has 134 valence electrons. The Bertz CT molecular complexity index is 754. The van der Waals surface area contributed by atoms with E-state index < -0.39 is 6.43 Å². The quantitative estimate of drug-likeness (QED) is 0.861. The molecular weight excluding hydrogens is 346 g/mol. The Labute approximate surface area is 151 Å². The molecule has 3 rings (SSSR count). The number of likely N-dealkylation sites (tertiary alicyclic amines) is 1. The van der Waals surface area contributed by atoms with E-state index in [1.807, 2.05) is 13.0 Å². The minimum Gasteiger partial charge on any atom is -0.365 e. The molecule has 0 bridgehead atoms. The van der Waals surface area contributed by atoms with Gasteiger partial charge in [0.2, 0.25) is 0 Å². The molecule has 1 aromatic heterocycles. The number of hydrogen-bond donors (Lipinski definition) is 1. The average Bonchev–Trinajstić information content (AvgIpc) is 2.55. The topological polar surface area (TPSA) is 41.0 Å². The second kappa shape index (κ2) is 7.62. The van der Waals surface area contributed by atoms with E-state index >= 15 is 0 Å². The normalized spacial score (nSPS) is 18.6. The lowest BCUT2D eigenvalue weighted by atomic mass is 10.0. The zero-order chi connectivity index (χ0) is 18.0. The third-order valence-electron chi connectivity index (χ3n) is 4.46. The number of hydrogen-bond acceptors (Lipinski definition) is 4. The zero-order valence-electron chi connectivity index (χ0n) is 14.3. The van der Waals surface area contributed by atoms with E-state index in [-0.39, 0.29) is 10.6 Å². The summed E-state index contributed by atoms with van der Waals surface area (Å²) in [6.45, 7) is 3.91. The molecule has 0 radical (unpaired) electrons. The smallest absolute Gasteiger partial charge is 0.264 e. The lowest BCUT2D eigenvalue weighted by Gasteiger charge is -2.30. The summed E-state index contributed by atoms with van der Waals surface area (Å²) in [4.78, 5) is 2.28. The van der Waals surface area contributed by atoms with Crippen molar-refractivity contribution in [3.05, 3.63) is 40.4 Å². The molecule has 2 aromatic rings. The highest BCUT2D eigenvalue weighted by atomic mass is 35.5. The molecule has 1 atom stereocenters. The molecular formula is C18H21ClF2N4. The molecule has 0 amide bonds. The molecule has 1 N–H and O–H groups in total. The maximum atomic E-state index is 13.3. The van der Waals surface area contributed by atoms with Crippen molar-refractivity contribution in [3.63, 3.8) is 0 Å². The molecule has 0 spiro atoms. The van der Waals surface area contributed by atoms with Gasteiger partial charge in [-0.05, 0) is 57.1 Å². The molecule has 7 heteroatoms. The lowest BCUT2D eigenvalue weighted by Crippen LogP contribution is -2.39. The van der Waals surface area contributed by atoms with Crippen LogP contribution < -0.4 is 5.32 Å². The van der Waals surface area contributed by atoms with Crippen LogP contribution in [0.3, 0.4) is 0 Å². The summed E-state index contributed by atoms with van der Waals surface area (Å²) < 4.78 is 26.7. The minimum atomic E-state index is -2.62. The number of halogens is 3. The Morgan fingerprint density at radius 1 is 1.28 bits per heavy atom. The van der Waals surface area contributed by atoms with E-state index in [1.54, 1.807) is 12.1 Å². The van der Waals surface area contributed by atoms with Gasteiger partial charge in [0.05, 0.1) is 5.69 Å². The largest absolute Gasteiger partial charge is 0.365 e. The van der Waals surface area contributed by atoms with Gasteiger partial charge in [-0.1, -0.05) is 17.7 Å². The van der Waals surface area contributed by atoms with Crippen LogP contribution in [0, 0.1) is 6.92 Å². The standard InChI is InChI=1S/C18H21ClF2N4/c1-11-8-16(22-13-4-3-7-25(2)10-13)23-24-17(11)14-6-5-12(19)9-15(14)18(20)21/h5-6,8-9,13,18H,3-4,7,10H2,1-2H3,(H,22,23)/t13-/m1/s1. The molecule has 0 aliphatic carbocycles. The SMILES string of the molecule is Cc1cc(N[C@@H]2CCCN(C)C2)nnc1-c1ccc(Cl)cc1C(F)F. The first kappa shape index (κ1) is 18.0. The molecule has 0 unspecified atom stereocenters. The maximum absolute atomic E-state index is 13.3. The highest BCUT2D eigenvalue weighted by Gasteiger charge is 2.20. The summed E-state index contributed by atoms with van der Waals surface area (Å²) in [6, 6.07) is 6.64. The molecule has 25 heavy (non-hydrogen) atoms. The van der Waals surface area contributed by atoms with Crippen LogP contribution in [-0.2, 0) is 0 Å². The number of benzene rings is 1. The van der Waals surface area contributed by atoms with Crippen LogP contribution in [-0.4, -0.2) is 41.3 Å². The van der Waals surface area contributed by atoms with Crippen LogP contribution in [0.2, 0.25) is 5.02 Å². The van der Waals surface area contributed by atoms with Gasteiger partial charge >= 0.3 is 0 Å². The van der Waals surface area contributed by atoms with Crippen LogP contribution in [0.5, 0.6) is 0 Å². The Hall–Kier alpha value is -1.79. The number of nitrogens with zero attached hydrogens (tertiary/aromatic N) is 3. The Morgan fingerprint density at radius 3 is 2.76 bits per heavy atom. The van der Waals surface area contributed by atoms with Crippen molar-refractivity contribution in [2.24, 2.45) is 0 Å². The van der Waals surface area contributed by atoms with Gasteiger partial charge in [-0.2, -0.15) is 0 Å². The lowest BCUT2D eigenvalue weighted by molar-refractivity contribution is 0.152. The van der Waals surface area contributed by atoms with Crippen molar-refractivity contribution in [2.45, 2.75) is 32.2 Å². The van der Waals surface area contributed by atoms with Crippen molar-refractivity contribution in [2.75, 3.05) is 25.5 Å². The van der Waals surface area contributed by atoms with Gasteiger partial charge in [-0.25, -0.2) is 8.78 Å². The van der Waals surface area contributed by atoms with E-state index in [2.05, 4.69) is 27.5 Å². The van der Waals surface area contributed by atoms with E-state index in [4.69, 9.17) is 11.6 Å². The number of alkyl halides is 2. The third kappa shape index (κ3) is 4.25. The van der Waals surface area contributed by atoms with Gasteiger partial charge in [-0.3, -0.25) is 0 Å². The number of rotatable bonds is 4. The first-order valence-corrected chi connectivity index (χ1v) is 8.69. The Kier molecular flexibility index (Phi) is 5.49. The highest BCUT2D eigenvalue weighted by Crippen LogP contribution is 2.34. The summed E-state index contributed by atoms with van der Waals surface area (Å²) in [7, 11) is 2.10. The van der Waals surface area contributed by atoms with Crippen LogP contribution in [0.4, 0.5) is 14.6 Å². The maximum Gasteiger partial charge on any atom is 0.264 e. The summed E-state index contributed by atoms with van der Waals surface area (Å²) in [6.07, 6.45) is -0.397. The summed E-state index contributed by atoms with van der Waals surface area (Å²) in [5, 5.41) is 12.1. The first-order valence-electron chi connectivity index (χ1n) is 8.31. The number of anilines is 1. The first-order chi connectivity index (χ1) is 11.9. The second-order valence-corrected chi connectivity index (χ2v) is 6.98. The van der Waals surface area contributed by atoms with E-state index in [0.29, 0.717) is 23.1 Å². The fraction of sp³-hybridized carbons (Fsp3) is 0.444. The fourth-order valence-corrected chi connectivity index (χ4v) is 3.43. The molecule has 1 aliphatic heterocycles. The third-order valence-corrected chi connectivity index (χ3v) is 4.70. The number of piperidine rings is 1. The van der Waals surface area contributed by atoms with Gasteiger partial charge in [0, 0.05) is 28.7 Å². The number of aryl methyl sites for hydroxylation is 1. The fourth-order valence-electron chi connectivity index (χ4n) is 3.24. The molecule has 0 saturated carbocycles. The molecule has 2 heterocycles. The van der Waals surface area contributed by atoms with Crippen LogP contribution in [0.25, 0.3) is 11.3 Å². The van der Waals surface area contributed by atoms with Gasteiger partial charge in [0.1, 0.15) is 5.82 Å². The van der Waals surface area contributed by atoms with Crippen LogP contribution in [0.1, 0.15) is 30.4 Å². The molecule has 1 aliphatic rings. The Morgan fingerprint density at radius 2 is 2.08 bits per heavy atom. The molecule has 1 fully saturated rings. The molecule has 4 nitrogen and oxygen atoms in total. The van der Waals surface area contributed by atoms with Crippen LogP contribution >= 0.6 is 11.6 Å². The van der Waals surface area contributed by atoms with Gasteiger partial charge in [0.15, 0.2) is 0 Å². The van der Waals surface area contributed by atoms with Gasteiger partial charge < -0.3 is 10.2 Å². The minimum absolute atomic E-state index is 0.125. The van der Waals surface area contributed by atoms with Crippen molar-refractivity contribution >= 4 is 17.4 Å². The van der Waals surface area contributed by atoms with Gasteiger partial charge in [0.25, 0.3) is 6.43 Å². The Balaban J connectivity index is 1.85. The predicted octanol–water partition coefficient (Wildman–Crippen LogP) is 4.55. The van der Waals surface area contributed by atoms with Crippen molar-refractivity contribution in [1.82, 2.24) is 15.1 Å². The summed E-state index contributed by atoms with van der Waals surface area (Å²) >= 11 is 5.85. The molecule has 1 aromatic carbocycles. The van der Waals surface area contributed by atoms with Crippen molar-refractivity contribution in [3.8, 4) is 11.3 Å². The van der Waals surface area contributed by atoms with Gasteiger partial charge in [-0.15, -0.1) is 10.2 Å². The monoisotopic (exact) mass is 366 g/mol. The summed E-state index contributed by atoms with van der Waals surface area (Å²) in [5.41, 5.74) is 1.50. The number of nitrogens with one attached hydrogen (secondary N) is 1. The number of likely N-dealkylation sites (N-methyl/N-ethyl adjacent to an activating group) is 1. The molecule has 1 saturated heterocycles. The summed E-state index contributed by atoms with van der Waals surface area (Å²) in [5.74, 6) is 0.675. The average molecular weight is 367 g/mol. The van der Waals surface area contributed by atoms with Crippen molar-refractivity contribution < 1.29 is 8.78 Å². The highest BCUT2D eigenvalue weighted by molar-refractivity contribution is 6.30. The zero-order valence-corrected chi connectivity index (χ0v) is 15.0. The van der Waals surface area contributed by atoms with Crippen molar-refractivity contribution in [1.29, 1.82) is 0 Å². The van der Waals surface area contributed by atoms with E-state index in [9.17, 15) is 8.78 Å². The second-order valence-electron chi connectivity index (χ2n) is 6.54. The predicted molar refractivity (Wildman–Crippen MR) is 96.3 cm³/mol. The number of aromatic nitrogens is 2. The van der Waals surface area contributed by atoms with Crippen LogP contribution in [0.15, 0.2) is 24.3 Å².